The monoisotopic (exact) mass is 441 g/mol. The van der Waals surface area contributed by atoms with Gasteiger partial charge < -0.3 is 9.47 Å². The molecule has 1 aliphatic heterocycles. The lowest BCUT2D eigenvalue weighted by molar-refractivity contribution is -0.131. The first-order valence-corrected chi connectivity index (χ1v) is 10.6. The third-order valence-electron chi connectivity index (χ3n) is 5.78. The second-order valence-electron chi connectivity index (χ2n) is 7.90. The number of carbonyl (C=O) groups is 1. The van der Waals surface area contributed by atoms with E-state index in [1.807, 2.05) is 29.2 Å². The highest BCUT2D eigenvalue weighted by Gasteiger charge is 2.36. The summed E-state index contributed by atoms with van der Waals surface area (Å²) >= 11 is 3.47. The predicted molar refractivity (Wildman–Crippen MR) is 110 cm³/mol. The van der Waals surface area contributed by atoms with Crippen molar-refractivity contribution >= 4 is 32.9 Å². The molecule has 0 spiro atoms. The molecule has 5 rings (SSSR count). The van der Waals surface area contributed by atoms with E-state index in [4.69, 9.17) is 4.98 Å². The summed E-state index contributed by atoms with van der Waals surface area (Å²) in [6.07, 6.45) is 3.06. The van der Waals surface area contributed by atoms with Gasteiger partial charge in [0.25, 0.3) is 0 Å². The molecule has 2 aliphatic rings. The number of nitrogens with zero attached hydrogens (tertiary/aromatic N) is 3. The van der Waals surface area contributed by atoms with Gasteiger partial charge in [-0.15, -0.1) is 0 Å². The summed E-state index contributed by atoms with van der Waals surface area (Å²) in [5, 5.41) is 0. The standard InChI is InChI=1S/C22H21BrFN3O/c23-17-5-3-15(4-6-17)21-25-19-8-7-18(24)11-20(19)27(21)13-14-9-10-26(12-14)22(28)16-1-2-16/h3-8,11,14,16H,1-2,9-10,12-13H2/t14-/m1/s1. The Morgan fingerprint density at radius 2 is 1.93 bits per heavy atom. The summed E-state index contributed by atoms with van der Waals surface area (Å²) in [5.41, 5.74) is 2.61. The van der Waals surface area contributed by atoms with Crippen LogP contribution in [0.2, 0.25) is 0 Å². The Kier molecular flexibility index (Phi) is 4.46. The number of benzene rings is 2. The molecule has 2 aromatic carbocycles. The highest BCUT2D eigenvalue weighted by molar-refractivity contribution is 9.10. The zero-order chi connectivity index (χ0) is 19.3. The van der Waals surface area contributed by atoms with Crippen molar-refractivity contribution in [2.45, 2.75) is 25.8 Å². The quantitative estimate of drug-likeness (QED) is 0.579. The highest BCUT2D eigenvalue weighted by Crippen LogP contribution is 2.34. The van der Waals surface area contributed by atoms with Crippen LogP contribution < -0.4 is 0 Å². The molecule has 0 unspecified atom stereocenters. The van der Waals surface area contributed by atoms with Gasteiger partial charge in [-0.05, 0) is 55.5 Å². The molecule has 1 aromatic heterocycles. The molecule has 28 heavy (non-hydrogen) atoms. The second-order valence-corrected chi connectivity index (χ2v) is 8.81. The Morgan fingerprint density at radius 3 is 2.68 bits per heavy atom. The van der Waals surface area contributed by atoms with Crippen LogP contribution >= 0.6 is 15.9 Å². The Balaban J connectivity index is 1.48. The summed E-state index contributed by atoms with van der Waals surface area (Å²) in [6, 6.07) is 12.8. The van der Waals surface area contributed by atoms with E-state index in [1.54, 1.807) is 12.1 Å². The van der Waals surface area contributed by atoms with Crippen LogP contribution in [-0.4, -0.2) is 33.4 Å². The van der Waals surface area contributed by atoms with Crippen molar-refractivity contribution < 1.29 is 9.18 Å². The van der Waals surface area contributed by atoms with Crippen molar-refractivity contribution in [2.24, 2.45) is 11.8 Å². The normalized spacial score (nSPS) is 19.5. The fourth-order valence-electron chi connectivity index (χ4n) is 4.13. The molecule has 0 N–H and O–H groups in total. The summed E-state index contributed by atoms with van der Waals surface area (Å²) in [6.45, 7) is 2.35. The first-order valence-electron chi connectivity index (χ1n) is 9.79. The number of hydrogen-bond acceptors (Lipinski definition) is 2. The third kappa shape index (κ3) is 3.34. The average molecular weight is 442 g/mol. The van der Waals surface area contributed by atoms with Gasteiger partial charge in [0.15, 0.2) is 0 Å². The van der Waals surface area contributed by atoms with E-state index >= 15 is 0 Å². The van der Waals surface area contributed by atoms with E-state index in [2.05, 4.69) is 20.5 Å². The van der Waals surface area contributed by atoms with E-state index < -0.39 is 0 Å². The Morgan fingerprint density at radius 1 is 1.14 bits per heavy atom. The van der Waals surface area contributed by atoms with Gasteiger partial charge in [0.2, 0.25) is 5.91 Å². The Labute approximate surface area is 171 Å². The molecule has 1 saturated carbocycles. The number of hydrogen-bond donors (Lipinski definition) is 0. The largest absolute Gasteiger partial charge is 0.342 e. The first kappa shape index (κ1) is 17.9. The first-order chi connectivity index (χ1) is 13.6. The lowest BCUT2D eigenvalue weighted by Crippen LogP contribution is -2.30. The minimum Gasteiger partial charge on any atom is -0.342 e. The van der Waals surface area contributed by atoms with Crippen molar-refractivity contribution in [1.29, 1.82) is 0 Å². The third-order valence-corrected chi connectivity index (χ3v) is 6.31. The molecule has 1 aliphatic carbocycles. The molecule has 4 nitrogen and oxygen atoms in total. The minimum absolute atomic E-state index is 0.257. The van der Waals surface area contributed by atoms with E-state index in [-0.39, 0.29) is 11.7 Å². The van der Waals surface area contributed by atoms with Crippen molar-refractivity contribution in [1.82, 2.24) is 14.5 Å². The summed E-state index contributed by atoms with van der Waals surface area (Å²) < 4.78 is 17.1. The maximum Gasteiger partial charge on any atom is 0.225 e. The highest BCUT2D eigenvalue weighted by atomic mass is 79.9. The van der Waals surface area contributed by atoms with Gasteiger partial charge in [0, 0.05) is 35.6 Å². The summed E-state index contributed by atoms with van der Waals surface area (Å²) in [5.74, 6) is 1.53. The summed E-state index contributed by atoms with van der Waals surface area (Å²) in [4.78, 5) is 19.2. The maximum absolute atomic E-state index is 14.0. The fourth-order valence-corrected chi connectivity index (χ4v) is 4.39. The van der Waals surface area contributed by atoms with Gasteiger partial charge >= 0.3 is 0 Å². The van der Waals surface area contributed by atoms with Crippen LogP contribution in [0, 0.1) is 17.7 Å². The van der Waals surface area contributed by atoms with Crippen molar-refractivity contribution in [2.75, 3.05) is 13.1 Å². The number of likely N-dealkylation sites (tertiary alicyclic amines) is 1. The second kappa shape index (κ2) is 6.99. The van der Waals surface area contributed by atoms with Crippen LogP contribution in [0.3, 0.4) is 0 Å². The predicted octanol–water partition coefficient (Wildman–Crippen LogP) is 4.86. The van der Waals surface area contributed by atoms with Gasteiger partial charge in [-0.25, -0.2) is 9.37 Å². The van der Waals surface area contributed by atoms with Crippen LogP contribution in [-0.2, 0) is 11.3 Å². The number of imidazole rings is 1. The lowest BCUT2D eigenvalue weighted by atomic mass is 10.1. The number of amides is 1. The topological polar surface area (TPSA) is 38.1 Å². The number of aromatic nitrogens is 2. The number of fused-ring (bicyclic) bond motifs is 1. The van der Waals surface area contributed by atoms with Gasteiger partial charge in [-0.1, -0.05) is 28.1 Å². The molecule has 6 heteroatoms. The van der Waals surface area contributed by atoms with Gasteiger partial charge in [-0.3, -0.25) is 4.79 Å². The van der Waals surface area contributed by atoms with Crippen LogP contribution in [0.5, 0.6) is 0 Å². The molecule has 1 saturated heterocycles. The average Bonchev–Trinajstić information content (AvgIpc) is 3.35. The van der Waals surface area contributed by atoms with E-state index in [1.165, 1.54) is 6.07 Å². The van der Waals surface area contributed by atoms with Crippen molar-refractivity contribution in [3.63, 3.8) is 0 Å². The molecule has 1 amide bonds. The Bertz CT molecular complexity index is 1040. The molecule has 3 aromatic rings. The minimum atomic E-state index is -0.257. The van der Waals surface area contributed by atoms with Gasteiger partial charge in [-0.2, -0.15) is 0 Å². The Hall–Kier alpha value is -2.21. The summed E-state index contributed by atoms with van der Waals surface area (Å²) in [7, 11) is 0. The smallest absolute Gasteiger partial charge is 0.225 e. The lowest BCUT2D eigenvalue weighted by Gasteiger charge is -2.18. The zero-order valence-electron chi connectivity index (χ0n) is 15.4. The number of carbonyl (C=O) groups excluding carboxylic acids is 1. The number of halogens is 2. The van der Waals surface area contributed by atoms with Crippen molar-refractivity contribution in [3.05, 3.63) is 52.8 Å². The van der Waals surface area contributed by atoms with E-state index in [0.717, 1.165) is 65.8 Å². The van der Waals surface area contributed by atoms with Crippen LogP contribution in [0.15, 0.2) is 46.9 Å². The SMILES string of the molecule is O=C(C1CC1)N1CC[C@@H](Cn2c(-c3ccc(Br)cc3)nc3ccc(F)cc32)C1. The zero-order valence-corrected chi connectivity index (χ0v) is 17.0. The van der Waals surface area contributed by atoms with Crippen LogP contribution in [0.1, 0.15) is 19.3 Å². The fraction of sp³-hybridized carbons (Fsp3) is 0.364. The molecular weight excluding hydrogens is 421 g/mol. The van der Waals surface area contributed by atoms with Crippen LogP contribution in [0.4, 0.5) is 4.39 Å². The van der Waals surface area contributed by atoms with Crippen molar-refractivity contribution in [3.8, 4) is 11.4 Å². The maximum atomic E-state index is 14.0. The molecule has 0 radical (unpaired) electrons. The molecule has 1 atom stereocenters. The van der Waals surface area contributed by atoms with E-state index in [0.29, 0.717) is 11.8 Å². The van der Waals surface area contributed by atoms with Crippen LogP contribution in [0.25, 0.3) is 22.4 Å². The number of rotatable bonds is 4. The van der Waals surface area contributed by atoms with Gasteiger partial charge in [0.05, 0.1) is 11.0 Å². The molecule has 0 bridgehead atoms. The molecular formula is C22H21BrFN3O. The molecule has 144 valence electrons. The van der Waals surface area contributed by atoms with E-state index in [9.17, 15) is 9.18 Å². The van der Waals surface area contributed by atoms with Gasteiger partial charge in [0.1, 0.15) is 11.6 Å². The molecule has 2 heterocycles. The molecule has 2 fully saturated rings.